The molecule has 2 aliphatic heterocycles. The van der Waals surface area contributed by atoms with E-state index in [-0.39, 0.29) is 29.8 Å². The molecule has 1 aromatic rings. The Labute approximate surface area is 223 Å². The van der Waals surface area contributed by atoms with Crippen molar-refractivity contribution in [1.82, 2.24) is 15.1 Å². The molecule has 0 radical (unpaired) electrons. The molecule has 1 N–H and O–H groups in total. The van der Waals surface area contributed by atoms with Crippen LogP contribution < -0.4 is 5.32 Å². The van der Waals surface area contributed by atoms with Gasteiger partial charge in [0.05, 0.1) is 29.6 Å². The van der Waals surface area contributed by atoms with Crippen molar-refractivity contribution in [3.05, 3.63) is 33.8 Å². The number of amides is 1. The molecular weight excluding hydrogens is 513 g/mol. The maximum Gasteiger partial charge on any atom is 0.310 e. The summed E-state index contributed by atoms with van der Waals surface area (Å²) in [6, 6.07) is 6.25. The van der Waals surface area contributed by atoms with E-state index in [9.17, 15) is 9.59 Å². The van der Waals surface area contributed by atoms with Gasteiger partial charge in [0.1, 0.15) is 0 Å². The first-order valence-electron chi connectivity index (χ1n) is 11.9. The van der Waals surface area contributed by atoms with Crippen molar-refractivity contribution in [2.75, 3.05) is 51.3 Å². The number of rotatable bonds is 12. The lowest BCUT2D eigenvalue weighted by Crippen LogP contribution is -2.51. The molecule has 2 bridgehead atoms. The number of carbonyl (C=O) groups is 2. The van der Waals surface area contributed by atoms with Crippen LogP contribution in [0.15, 0.2) is 18.2 Å². The van der Waals surface area contributed by atoms with E-state index >= 15 is 0 Å². The van der Waals surface area contributed by atoms with Crippen LogP contribution in [0.3, 0.4) is 0 Å². The lowest BCUT2D eigenvalue weighted by atomic mass is 9.76. The highest BCUT2D eigenvalue weighted by atomic mass is 35.5. The maximum atomic E-state index is 12.9. The summed E-state index contributed by atoms with van der Waals surface area (Å²) in [4.78, 5) is 29.7. The van der Waals surface area contributed by atoms with Gasteiger partial charge in [0.2, 0.25) is 5.91 Å². The number of methoxy groups -OCH3 is 1. The number of hydrogen-bond donors (Lipinski definition) is 3. The number of halogens is 2. The quantitative estimate of drug-likeness (QED) is 0.274. The van der Waals surface area contributed by atoms with E-state index in [1.165, 1.54) is 7.11 Å². The molecule has 3 rings (SSSR count). The Kier molecular flexibility index (Phi) is 11.2. The molecule has 0 aliphatic carbocycles. The summed E-state index contributed by atoms with van der Waals surface area (Å²) >= 11 is 20.9. The number of piperidine rings is 1. The molecule has 1 amide bonds. The fraction of sp³-hybridized carbons (Fsp3) is 0.667. The number of hydrogen-bond acceptors (Lipinski definition) is 7. The number of thiol groups is 2. The fourth-order valence-electron chi connectivity index (χ4n) is 5.55. The third kappa shape index (κ3) is 6.98. The van der Waals surface area contributed by atoms with Gasteiger partial charge in [-0.05, 0) is 56.5 Å². The molecule has 2 saturated heterocycles. The summed E-state index contributed by atoms with van der Waals surface area (Å²) < 4.78 is 5.25. The van der Waals surface area contributed by atoms with E-state index in [0.717, 1.165) is 50.9 Å². The molecular formula is C24H35Cl2N3O3S2. The van der Waals surface area contributed by atoms with Crippen molar-refractivity contribution in [2.45, 2.75) is 43.7 Å². The summed E-state index contributed by atoms with van der Waals surface area (Å²) in [7, 11) is 1.47. The molecule has 4 atom stereocenters. The first-order valence-corrected chi connectivity index (χ1v) is 13.9. The van der Waals surface area contributed by atoms with Crippen LogP contribution in [0.2, 0.25) is 10.0 Å². The van der Waals surface area contributed by atoms with Gasteiger partial charge in [0.15, 0.2) is 0 Å². The Morgan fingerprint density at radius 2 is 1.97 bits per heavy atom. The summed E-state index contributed by atoms with van der Waals surface area (Å²) in [5.41, 5.74) is 1.05. The van der Waals surface area contributed by atoms with Gasteiger partial charge in [-0.2, -0.15) is 25.3 Å². The molecule has 34 heavy (non-hydrogen) atoms. The number of fused-ring (bicyclic) bond motifs is 2. The Morgan fingerprint density at radius 3 is 2.65 bits per heavy atom. The largest absolute Gasteiger partial charge is 0.469 e. The van der Waals surface area contributed by atoms with Crippen LogP contribution in [0.1, 0.15) is 37.2 Å². The van der Waals surface area contributed by atoms with E-state index in [1.54, 1.807) is 0 Å². The smallest absolute Gasteiger partial charge is 0.310 e. The zero-order chi connectivity index (χ0) is 24.7. The highest BCUT2D eigenvalue weighted by Crippen LogP contribution is 2.48. The average molecular weight is 549 g/mol. The number of nitrogens with zero attached hydrogens (tertiary/aromatic N) is 2. The highest BCUT2D eigenvalue weighted by Gasteiger charge is 2.50. The Morgan fingerprint density at radius 1 is 1.18 bits per heavy atom. The summed E-state index contributed by atoms with van der Waals surface area (Å²) in [6.45, 7) is 3.39. The molecule has 2 fully saturated rings. The van der Waals surface area contributed by atoms with E-state index in [1.807, 2.05) is 18.2 Å². The molecule has 190 valence electrons. The van der Waals surface area contributed by atoms with Gasteiger partial charge in [-0.1, -0.05) is 29.3 Å². The minimum atomic E-state index is -0.235. The van der Waals surface area contributed by atoms with Gasteiger partial charge in [-0.15, -0.1) is 0 Å². The first-order chi connectivity index (χ1) is 16.4. The minimum absolute atomic E-state index is 0.0177. The normalized spacial score (nSPS) is 24.4. The Bertz CT molecular complexity index is 848. The zero-order valence-electron chi connectivity index (χ0n) is 19.6. The van der Waals surface area contributed by atoms with Crippen molar-refractivity contribution in [2.24, 2.45) is 5.92 Å². The van der Waals surface area contributed by atoms with Crippen molar-refractivity contribution in [1.29, 1.82) is 0 Å². The van der Waals surface area contributed by atoms with E-state index in [2.05, 4.69) is 40.4 Å². The van der Waals surface area contributed by atoms with Gasteiger partial charge >= 0.3 is 5.97 Å². The standard InChI is InChI=1S/C24H35Cl2N3O3S2/c1-32-24(31)23-18(16-3-5-19(25)20(26)13-16)14-17-4-6-21(23)29(17)9-2-8-28(10-12-34)15-22(30)27-7-11-33/h3,5,13,17-18,21,23,33-34H,2,4,6-12,14-15H2,1H3,(H,27,30)/t17-,18-,21+,23-/m0/s1. The second-order valence-corrected chi connectivity index (χ2v) is 10.7. The third-order valence-electron chi connectivity index (χ3n) is 7.02. The van der Waals surface area contributed by atoms with Crippen molar-refractivity contribution < 1.29 is 14.3 Å². The fourth-order valence-corrected chi connectivity index (χ4v) is 6.25. The molecule has 2 heterocycles. The van der Waals surface area contributed by atoms with Gasteiger partial charge in [-0.3, -0.25) is 19.4 Å². The average Bonchev–Trinajstić information content (AvgIpc) is 3.09. The highest BCUT2D eigenvalue weighted by molar-refractivity contribution is 7.80. The van der Waals surface area contributed by atoms with Crippen LogP contribution in [-0.2, 0) is 14.3 Å². The van der Waals surface area contributed by atoms with Gasteiger partial charge in [0.25, 0.3) is 0 Å². The lowest BCUT2D eigenvalue weighted by Gasteiger charge is -2.44. The predicted octanol–water partition coefficient (Wildman–Crippen LogP) is 3.77. The summed E-state index contributed by atoms with van der Waals surface area (Å²) in [6.07, 6.45) is 3.86. The third-order valence-corrected chi connectivity index (χ3v) is 8.18. The monoisotopic (exact) mass is 547 g/mol. The van der Waals surface area contributed by atoms with Crippen LogP contribution in [-0.4, -0.2) is 85.1 Å². The Balaban J connectivity index is 1.66. The lowest BCUT2D eigenvalue weighted by molar-refractivity contribution is -0.150. The number of esters is 1. The maximum absolute atomic E-state index is 12.9. The van der Waals surface area contributed by atoms with Crippen molar-refractivity contribution in [3.8, 4) is 0 Å². The minimum Gasteiger partial charge on any atom is -0.469 e. The van der Waals surface area contributed by atoms with E-state index in [0.29, 0.717) is 40.7 Å². The zero-order valence-corrected chi connectivity index (χ0v) is 22.9. The number of ether oxygens (including phenoxy) is 1. The van der Waals surface area contributed by atoms with E-state index < -0.39 is 0 Å². The summed E-state index contributed by atoms with van der Waals surface area (Å²) in [5, 5.41) is 3.91. The van der Waals surface area contributed by atoms with Gasteiger partial charge in [-0.25, -0.2) is 0 Å². The second-order valence-electron chi connectivity index (χ2n) is 9.03. The molecule has 0 spiro atoms. The number of benzene rings is 1. The summed E-state index contributed by atoms with van der Waals surface area (Å²) in [5.74, 6) is 1.01. The molecule has 0 saturated carbocycles. The van der Waals surface area contributed by atoms with Crippen molar-refractivity contribution >= 4 is 60.3 Å². The predicted molar refractivity (Wildman–Crippen MR) is 145 cm³/mol. The van der Waals surface area contributed by atoms with Crippen LogP contribution in [0.4, 0.5) is 0 Å². The second kappa shape index (κ2) is 13.6. The first kappa shape index (κ1) is 27.9. The molecule has 10 heteroatoms. The molecule has 0 aromatic heterocycles. The number of nitrogens with one attached hydrogen (secondary N) is 1. The van der Waals surface area contributed by atoms with Crippen LogP contribution >= 0.6 is 48.5 Å². The molecule has 6 nitrogen and oxygen atoms in total. The number of carbonyl (C=O) groups excluding carboxylic acids is 2. The molecule has 2 aliphatic rings. The topological polar surface area (TPSA) is 61.9 Å². The SMILES string of the molecule is COC(=O)[C@@H]1[C@H]2CC[C@@H](C[C@H]1c1ccc(Cl)c(Cl)c1)N2CCCN(CCS)CC(=O)NCCS. The van der Waals surface area contributed by atoms with Crippen molar-refractivity contribution in [3.63, 3.8) is 0 Å². The molecule has 0 unspecified atom stereocenters. The Hall–Kier alpha value is -0.640. The van der Waals surface area contributed by atoms with Crippen LogP contribution in [0, 0.1) is 5.92 Å². The molecule has 1 aromatic carbocycles. The van der Waals surface area contributed by atoms with Crippen LogP contribution in [0.5, 0.6) is 0 Å². The van der Waals surface area contributed by atoms with Crippen LogP contribution in [0.25, 0.3) is 0 Å². The van der Waals surface area contributed by atoms with Gasteiger partial charge in [0, 0.05) is 42.6 Å². The van der Waals surface area contributed by atoms with E-state index in [4.69, 9.17) is 27.9 Å². The van der Waals surface area contributed by atoms with Gasteiger partial charge < -0.3 is 10.1 Å².